The van der Waals surface area contributed by atoms with E-state index in [-0.39, 0.29) is 12.6 Å². The van der Waals surface area contributed by atoms with Gasteiger partial charge in [-0.2, -0.15) is 0 Å². The molecule has 0 radical (unpaired) electrons. The van der Waals surface area contributed by atoms with Gasteiger partial charge in [-0.1, -0.05) is 0 Å². The van der Waals surface area contributed by atoms with Gasteiger partial charge in [-0.3, -0.25) is 10.1 Å². The number of aryl methyl sites for hydroxylation is 1. The number of likely N-dealkylation sites (tertiary alicyclic amines) is 1. The number of hydrogen-bond donors (Lipinski definition) is 2. The summed E-state index contributed by atoms with van der Waals surface area (Å²) in [6, 6.07) is -0.283. The van der Waals surface area contributed by atoms with Crippen LogP contribution < -0.4 is 5.32 Å². The van der Waals surface area contributed by atoms with Gasteiger partial charge >= 0.3 is 12.0 Å². The third kappa shape index (κ3) is 2.45. The molecule has 1 atom stereocenters. The summed E-state index contributed by atoms with van der Waals surface area (Å²) in [6.45, 7) is 4.26. The van der Waals surface area contributed by atoms with Crippen molar-refractivity contribution >= 4 is 28.5 Å². The van der Waals surface area contributed by atoms with Crippen molar-refractivity contribution in [1.82, 2.24) is 9.88 Å². The molecule has 6 nitrogen and oxygen atoms in total. The Bertz CT molecular complexity index is 488. The number of aromatic nitrogens is 1. The van der Waals surface area contributed by atoms with Gasteiger partial charge in [-0.15, -0.1) is 11.3 Å². The van der Waals surface area contributed by atoms with E-state index in [0.29, 0.717) is 18.1 Å². The lowest BCUT2D eigenvalue weighted by Gasteiger charge is -2.19. The highest BCUT2D eigenvalue weighted by atomic mass is 32.1. The van der Waals surface area contributed by atoms with E-state index in [1.807, 2.05) is 6.92 Å². The van der Waals surface area contributed by atoms with Gasteiger partial charge in [-0.05, 0) is 20.3 Å². The number of hydrogen-bond acceptors (Lipinski definition) is 4. The predicted molar refractivity (Wildman–Crippen MR) is 67.8 cm³/mol. The van der Waals surface area contributed by atoms with Crippen molar-refractivity contribution in [2.75, 3.05) is 18.4 Å². The van der Waals surface area contributed by atoms with Crippen molar-refractivity contribution in [3.63, 3.8) is 0 Å². The number of nitrogens with zero attached hydrogens (tertiary/aromatic N) is 2. The number of thiazole rings is 1. The minimum atomic E-state index is -0.858. The van der Waals surface area contributed by atoms with Gasteiger partial charge in [-0.25, -0.2) is 9.78 Å². The Balaban J connectivity index is 1.98. The number of carboxylic acids is 1. The molecule has 0 bridgehead atoms. The topological polar surface area (TPSA) is 82.5 Å². The van der Waals surface area contributed by atoms with Crippen molar-refractivity contribution in [3.05, 3.63) is 11.1 Å². The van der Waals surface area contributed by atoms with E-state index in [1.54, 1.807) is 13.1 Å². The highest BCUT2D eigenvalue weighted by molar-refractivity contribution is 7.15. The van der Waals surface area contributed by atoms with Gasteiger partial charge < -0.3 is 10.0 Å². The molecule has 1 saturated heterocycles. The molecule has 1 aliphatic rings. The van der Waals surface area contributed by atoms with Crippen molar-refractivity contribution in [2.24, 2.45) is 5.41 Å². The first-order chi connectivity index (χ1) is 8.40. The molecule has 0 saturated carbocycles. The zero-order valence-electron chi connectivity index (χ0n) is 10.3. The third-order valence-corrected chi connectivity index (χ3v) is 3.94. The number of nitrogens with one attached hydrogen (secondary N) is 1. The molecule has 1 unspecified atom stereocenters. The average molecular weight is 269 g/mol. The zero-order chi connectivity index (χ0) is 13.3. The van der Waals surface area contributed by atoms with E-state index in [9.17, 15) is 9.59 Å². The van der Waals surface area contributed by atoms with Gasteiger partial charge in [0.15, 0.2) is 5.13 Å². The van der Waals surface area contributed by atoms with E-state index < -0.39 is 11.4 Å². The summed E-state index contributed by atoms with van der Waals surface area (Å²) in [5, 5.41) is 12.3. The minimum absolute atomic E-state index is 0.235. The van der Waals surface area contributed by atoms with E-state index in [1.165, 1.54) is 16.2 Å². The second kappa shape index (κ2) is 4.56. The van der Waals surface area contributed by atoms with Crippen LogP contribution in [0.3, 0.4) is 0 Å². The Labute approximate surface area is 109 Å². The van der Waals surface area contributed by atoms with Crippen LogP contribution in [0, 0.1) is 12.3 Å². The fraction of sp³-hybridized carbons (Fsp3) is 0.545. The molecule has 0 aliphatic carbocycles. The molecular weight excluding hydrogens is 254 g/mol. The highest BCUT2D eigenvalue weighted by Crippen LogP contribution is 2.30. The lowest BCUT2D eigenvalue weighted by atomic mass is 9.90. The second-order valence-corrected chi connectivity index (χ2v) is 5.98. The Hall–Kier alpha value is -1.63. The van der Waals surface area contributed by atoms with E-state index in [2.05, 4.69) is 10.3 Å². The summed E-state index contributed by atoms with van der Waals surface area (Å²) < 4.78 is 0. The maximum Gasteiger partial charge on any atom is 0.323 e. The van der Waals surface area contributed by atoms with Crippen molar-refractivity contribution in [2.45, 2.75) is 20.3 Å². The van der Waals surface area contributed by atoms with E-state index in [4.69, 9.17) is 5.11 Å². The maximum atomic E-state index is 11.9. The number of aliphatic carboxylic acids is 1. The molecule has 98 valence electrons. The number of carbonyl (C=O) groups is 2. The van der Waals surface area contributed by atoms with Crippen molar-refractivity contribution < 1.29 is 14.7 Å². The normalized spacial score (nSPS) is 23.1. The van der Waals surface area contributed by atoms with Gasteiger partial charge in [0, 0.05) is 24.2 Å². The predicted octanol–water partition coefficient (Wildman–Crippen LogP) is 1.78. The Kier molecular flexibility index (Phi) is 3.25. The fourth-order valence-electron chi connectivity index (χ4n) is 1.89. The van der Waals surface area contributed by atoms with Crippen LogP contribution >= 0.6 is 11.3 Å². The van der Waals surface area contributed by atoms with Crippen LogP contribution in [0.5, 0.6) is 0 Å². The first kappa shape index (κ1) is 12.8. The standard InChI is InChI=1S/C11H15N3O3S/c1-7-5-12-9(18-7)13-10(17)14-4-3-11(2,6-14)8(15)16/h5H,3-4,6H2,1-2H3,(H,15,16)(H,12,13,17). The van der Waals surface area contributed by atoms with E-state index >= 15 is 0 Å². The Morgan fingerprint density at radius 3 is 2.83 bits per heavy atom. The maximum absolute atomic E-state index is 11.9. The lowest BCUT2D eigenvalue weighted by molar-refractivity contribution is -0.146. The molecule has 2 amide bonds. The summed E-state index contributed by atoms with van der Waals surface area (Å²) in [6.07, 6.45) is 2.16. The van der Waals surface area contributed by atoms with E-state index in [0.717, 1.165) is 4.88 Å². The number of carboxylic acid groups (broad SMARTS) is 1. The van der Waals surface area contributed by atoms with Crippen LogP contribution in [0.15, 0.2) is 6.20 Å². The minimum Gasteiger partial charge on any atom is -0.481 e. The lowest BCUT2D eigenvalue weighted by Crippen LogP contribution is -2.37. The monoisotopic (exact) mass is 269 g/mol. The molecule has 2 rings (SSSR count). The molecule has 1 aliphatic heterocycles. The molecule has 1 fully saturated rings. The van der Waals surface area contributed by atoms with Gasteiger partial charge in [0.1, 0.15) is 0 Å². The summed E-state index contributed by atoms with van der Waals surface area (Å²) in [5.41, 5.74) is -0.837. The Morgan fingerprint density at radius 1 is 1.61 bits per heavy atom. The highest BCUT2D eigenvalue weighted by Gasteiger charge is 2.42. The van der Waals surface area contributed by atoms with Gasteiger partial charge in [0.05, 0.1) is 5.41 Å². The van der Waals surface area contributed by atoms with Crippen LogP contribution in [0.25, 0.3) is 0 Å². The van der Waals surface area contributed by atoms with Crippen LogP contribution in [-0.2, 0) is 4.79 Å². The Morgan fingerprint density at radius 2 is 2.33 bits per heavy atom. The summed E-state index contributed by atoms with van der Waals surface area (Å²) in [7, 11) is 0. The van der Waals surface area contributed by atoms with Crippen LogP contribution in [0.4, 0.5) is 9.93 Å². The first-order valence-corrected chi connectivity index (χ1v) is 6.44. The molecule has 0 aromatic carbocycles. The molecular formula is C11H15N3O3S. The van der Waals surface area contributed by atoms with Crippen LogP contribution in [0.1, 0.15) is 18.2 Å². The molecule has 0 spiro atoms. The van der Waals surface area contributed by atoms with Crippen molar-refractivity contribution in [1.29, 1.82) is 0 Å². The largest absolute Gasteiger partial charge is 0.481 e. The van der Waals surface area contributed by atoms with Gasteiger partial charge in [0.2, 0.25) is 0 Å². The number of amides is 2. The molecule has 1 aromatic heterocycles. The summed E-state index contributed by atoms with van der Waals surface area (Å²) in [5.74, 6) is -0.858. The molecule has 1 aromatic rings. The molecule has 7 heteroatoms. The number of rotatable bonds is 2. The summed E-state index contributed by atoms with van der Waals surface area (Å²) >= 11 is 1.40. The fourth-order valence-corrected chi connectivity index (χ4v) is 2.55. The average Bonchev–Trinajstić information content (AvgIpc) is 2.86. The molecule has 2 heterocycles. The number of carbonyl (C=O) groups excluding carboxylic acids is 1. The zero-order valence-corrected chi connectivity index (χ0v) is 11.1. The molecule has 2 N–H and O–H groups in total. The second-order valence-electron chi connectivity index (χ2n) is 4.74. The summed E-state index contributed by atoms with van der Waals surface area (Å²) in [4.78, 5) is 29.6. The van der Waals surface area contributed by atoms with Gasteiger partial charge in [0.25, 0.3) is 0 Å². The number of anilines is 1. The quantitative estimate of drug-likeness (QED) is 0.857. The first-order valence-electron chi connectivity index (χ1n) is 5.62. The smallest absolute Gasteiger partial charge is 0.323 e. The van der Waals surface area contributed by atoms with Crippen LogP contribution in [-0.4, -0.2) is 40.1 Å². The SMILES string of the molecule is Cc1cnc(NC(=O)N2CCC(C)(C(=O)O)C2)s1. The number of urea groups is 1. The van der Waals surface area contributed by atoms with Crippen LogP contribution in [0.2, 0.25) is 0 Å². The molecule has 18 heavy (non-hydrogen) atoms. The van der Waals surface area contributed by atoms with Crippen molar-refractivity contribution in [3.8, 4) is 0 Å². The third-order valence-electron chi connectivity index (χ3n) is 3.11.